The van der Waals surface area contributed by atoms with Gasteiger partial charge >= 0.3 is 0 Å². The molecule has 1 N–H and O–H groups in total. The number of halogens is 1. The van der Waals surface area contributed by atoms with Gasteiger partial charge in [-0.15, -0.1) is 5.10 Å². The summed E-state index contributed by atoms with van der Waals surface area (Å²) >= 11 is 1.03. The molecule has 0 saturated heterocycles. The van der Waals surface area contributed by atoms with Crippen molar-refractivity contribution in [3.63, 3.8) is 0 Å². The van der Waals surface area contributed by atoms with E-state index < -0.39 is 0 Å². The van der Waals surface area contributed by atoms with Gasteiger partial charge in [-0.05, 0) is 30.6 Å². The van der Waals surface area contributed by atoms with Gasteiger partial charge in [0.2, 0.25) is 0 Å². The van der Waals surface area contributed by atoms with E-state index in [4.69, 9.17) is 4.52 Å². The average Bonchev–Trinajstić information content (AvgIpc) is 3.14. The summed E-state index contributed by atoms with van der Waals surface area (Å²) < 4.78 is 22.5. The van der Waals surface area contributed by atoms with E-state index in [1.54, 1.807) is 31.2 Å². The van der Waals surface area contributed by atoms with Crippen molar-refractivity contribution in [1.29, 1.82) is 0 Å². The zero-order valence-corrected chi connectivity index (χ0v) is 12.4. The number of hydrogen-bond donors (Lipinski definition) is 1. The van der Waals surface area contributed by atoms with Gasteiger partial charge in [-0.2, -0.15) is 0 Å². The van der Waals surface area contributed by atoms with E-state index in [1.807, 2.05) is 0 Å². The van der Waals surface area contributed by atoms with Crippen molar-refractivity contribution in [2.75, 3.05) is 0 Å². The summed E-state index contributed by atoms with van der Waals surface area (Å²) in [4.78, 5) is 12.4. The van der Waals surface area contributed by atoms with Crippen LogP contribution in [0.5, 0.6) is 0 Å². The van der Waals surface area contributed by atoms with Crippen molar-refractivity contribution in [1.82, 2.24) is 20.1 Å². The number of nitrogens with one attached hydrogen (secondary N) is 1. The lowest BCUT2D eigenvalue weighted by atomic mass is 10.1. The summed E-state index contributed by atoms with van der Waals surface area (Å²) in [6.07, 6.45) is 0. The molecule has 0 aliphatic carbocycles. The Bertz CT molecular complexity index is 815. The normalized spacial score (nSPS) is 10.6. The van der Waals surface area contributed by atoms with Gasteiger partial charge < -0.3 is 9.84 Å². The second-order valence-electron chi connectivity index (χ2n) is 4.53. The maximum Gasteiger partial charge on any atom is 0.265 e. The quantitative estimate of drug-likeness (QED) is 0.799. The molecule has 0 radical (unpaired) electrons. The fourth-order valence-corrected chi connectivity index (χ4v) is 2.45. The van der Waals surface area contributed by atoms with Crippen LogP contribution in [0.15, 0.2) is 34.9 Å². The summed E-state index contributed by atoms with van der Waals surface area (Å²) in [5.41, 5.74) is 1.41. The Morgan fingerprint density at radius 2 is 2.23 bits per heavy atom. The first-order valence-electron chi connectivity index (χ1n) is 6.43. The number of benzene rings is 1. The highest BCUT2D eigenvalue weighted by atomic mass is 32.1. The second kappa shape index (κ2) is 6.02. The van der Waals surface area contributed by atoms with Crippen molar-refractivity contribution >= 4 is 17.4 Å². The van der Waals surface area contributed by atoms with Crippen molar-refractivity contribution in [2.45, 2.75) is 13.5 Å². The first-order valence-corrected chi connectivity index (χ1v) is 7.20. The minimum atomic E-state index is -0.388. The van der Waals surface area contributed by atoms with Gasteiger partial charge in [0.25, 0.3) is 5.91 Å². The highest BCUT2D eigenvalue weighted by Crippen LogP contribution is 2.23. The van der Waals surface area contributed by atoms with E-state index in [-0.39, 0.29) is 18.3 Å². The number of rotatable bonds is 4. The first kappa shape index (κ1) is 14.3. The van der Waals surface area contributed by atoms with Crippen molar-refractivity contribution in [3.05, 3.63) is 52.4 Å². The van der Waals surface area contributed by atoms with E-state index in [0.717, 1.165) is 11.5 Å². The molecular weight excluding hydrogens is 307 g/mol. The maximum atomic E-state index is 13.7. The van der Waals surface area contributed by atoms with Crippen LogP contribution in [0.2, 0.25) is 0 Å². The highest BCUT2D eigenvalue weighted by molar-refractivity contribution is 7.07. The third-order valence-corrected chi connectivity index (χ3v) is 3.81. The zero-order valence-electron chi connectivity index (χ0n) is 11.5. The third-order valence-electron chi connectivity index (χ3n) is 2.99. The first-order chi connectivity index (χ1) is 10.6. The number of hydrogen-bond acceptors (Lipinski definition) is 6. The molecule has 112 valence electrons. The van der Waals surface area contributed by atoms with Crippen LogP contribution in [0.25, 0.3) is 11.3 Å². The van der Waals surface area contributed by atoms with Crippen LogP contribution < -0.4 is 5.32 Å². The van der Waals surface area contributed by atoms with E-state index in [0.29, 0.717) is 27.6 Å². The van der Waals surface area contributed by atoms with Gasteiger partial charge in [0.05, 0.1) is 17.8 Å². The van der Waals surface area contributed by atoms with Crippen LogP contribution in [0, 0.1) is 12.7 Å². The predicted octanol–water partition coefficient (Wildman–Crippen LogP) is 2.57. The molecule has 0 spiro atoms. The van der Waals surface area contributed by atoms with Crippen LogP contribution in [0.3, 0.4) is 0 Å². The van der Waals surface area contributed by atoms with E-state index in [9.17, 15) is 9.18 Å². The highest BCUT2D eigenvalue weighted by Gasteiger charge is 2.15. The van der Waals surface area contributed by atoms with Gasteiger partial charge in [-0.3, -0.25) is 4.79 Å². The molecule has 0 aliphatic heterocycles. The summed E-state index contributed by atoms with van der Waals surface area (Å²) in [5, 5.41) is 10.3. The molecular formula is C14H11FN4O2S. The number of amides is 1. The number of carbonyl (C=O) groups is 1. The molecule has 0 unspecified atom stereocenters. The van der Waals surface area contributed by atoms with Gasteiger partial charge in [0, 0.05) is 6.07 Å². The standard InChI is InChI=1S/C14H11FN4O2S/c1-8-13(22-19-17-8)14(20)16-7-9-6-12(21-18-9)10-4-2-3-5-11(10)15/h2-6H,7H2,1H3,(H,16,20). The van der Waals surface area contributed by atoms with E-state index in [2.05, 4.69) is 20.1 Å². The van der Waals surface area contributed by atoms with Crippen LogP contribution in [0.4, 0.5) is 4.39 Å². The van der Waals surface area contributed by atoms with Gasteiger partial charge in [0.15, 0.2) is 5.76 Å². The fraction of sp³-hybridized carbons (Fsp3) is 0.143. The average molecular weight is 318 g/mol. The molecule has 1 amide bonds. The molecule has 0 fully saturated rings. The Labute approximate surface area is 129 Å². The lowest BCUT2D eigenvalue weighted by Crippen LogP contribution is -2.22. The number of aryl methyl sites for hydroxylation is 1. The molecule has 0 bridgehead atoms. The molecule has 22 heavy (non-hydrogen) atoms. The third kappa shape index (κ3) is 2.86. The van der Waals surface area contributed by atoms with Crippen molar-refractivity contribution in [2.24, 2.45) is 0 Å². The largest absolute Gasteiger partial charge is 0.356 e. The summed E-state index contributed by atoms with van der Waals surface area (Å²) in [7, 11) is 0. The van der Waals surface area contributed by atoms with Crippen molar-refractivity contribution < 1.29 is 13.7 Å². The lowest BCUT2D eigenvalue weighted by Gasteiger charge is -1.99. The number of aromatic nitrogens is 3. The SMILES string of the molecule is Cc1nnsc1C(=O)NCc1cc(-c2ccccc2F)on1. The molecule has 2 heterocycles. The molecule has 0 atom stereocenters. The maximum absolute atomic E-state index is 13.7. The minimum absolute atomic E-state index is 0.175. The summed E-state index contributed by atoms with van der Waals surface area (Å²) in [5.74, 6) is -0.346. The fourth-order valence-electron chi connectivity index (χ4n) is 1.87. The minimum Gasteiger partial charge on any atom is -0.356 e. The molecule has 8 heteroatoms. The Kier molecular flexibility index (Phi) is 3.92. The smallest absolute Gasteiger partial charge is 0.265 e. The van der Waals surface area contributed by atoms with Crippen LogP contribution >= 0.6 is 11.5 Å². The van der Waals surface area contributed by atoms with Gasteiger partial charge in [-0.25, -0.2) is 4.39 Å². The van der Waals surface area contributed by atoms with Gasteiger partial charge in [-0.1, -0.05) is 21.8 Å². The zero-order chi connectivity index (χ0) is 15.5. The Balaban J connectivity index is 1.69. The molecule has 2 aromatic heterocycles. The Morgan fingerprint density at radius 1 is 1.41 bits per heavy atom. The van der Waals surface area contributed by atoms with Crippen LogP contribution in [-0.4, -0.2) is 20.7 Å². The lowest BCUT2D eigenvalue weighted by molar-refractivity contribution is 0.0953. The molecule has 3 aromatic rings. The Hall–Kier alpha value is -2.61. The van der Waals surface area contributed by atoms with Crippen LogP contribution in [0.1, 0.15) is 21.1 Å². The molecule has 1 aromatic carbocycles. The molecule has 0 saturated carbocycles. The molecule has 0 aliphatic rings. The topological polar surface area (TPSA) is 80.9 Å². The predicted molar refractivity (Wildman–Crippen MR) is 77.7 cm³/mol. The van der Waals surface area contributed by atoms with E-state index >= 15 is 0 Å². The number of carbonyl (C=O) groups excluding carboxylic acids is 1. The van der Waals surface area contributed by atoms with E-state index in [1.165, 1.54) is 6.07 Å². The number of nitrogens with zero attached hydrogens (tertiary/aromatic N) is 3. The summed E-state index contributed by atoms with van der Waals surface area (Å²) in [6, 6.07) is 7.85. The summed E-state index contributed by atoms with van der Waals surface area (Å²) in [6.45, 7) is 1.89. The van der Waals surface area contributed by atoms with Crippen LogP contribution in [-0.2, 0) is 6.54 Å². The monoisotopic (exact) mass is 318 g/mol. The molecule has 6 nitrogen and oxygen atoms in total. The van der Waals surface area contributed by atoms with Crippen molar-refractivity contribution in [3.8, 4) is 11.3 Å². The molecule has 3 rings (SSSR count). The Morgan fingerprint density at radius 3 is 2.95 bits per heavy atom. The van der Waals surface area contributed by atoms with Gasteiger partial charge in [0.1, 0.15) is 16.4 Å². The second-order valence-corrected chi connectivity index (χ2v) is 5.29.